The van der Waals surface area contributed by atoms with E-state index in [-0.39, 0.29) is 5.91 Å². The molecule has 1 amide bonds. The fourth-order valence-electron chi connectivity index (χ4n) is 2.56. The largest absolute Gasteiger partial charge is 0.417 e. The summed E-state index contributed by atoms with van der Waals surface area (Å²) in [5, 5.41) is 5.09. The topological polar surface area (TPSA) is 88.0 Å². The smallest absolute Gasteiger partial charge is 0.408 e. The average Bonchev–Trinajstić information content (AvgIpc) is 3.26. The number of rotatable bonds is 4. The lowest BCUT2D eigenvalue weighted by Crippen LogP contribution is -2.07. The number of aromatic nitrogens is 2. The summed E-state index contributed by atoms with van der Waals surface area (Å²) in [6, 6.07) is 13.2. The molecule has 0 radical (unpaired) electrons. The minimum Gasteiger partial charge on any atom is -0.408 e. The van der Waals surface area contributed by atoms with E-state index < -0.39 is 5.76 Å². The van der Waals surface area contributed by atoms with Gasteiger partial charge in [0.25, 0.3) is 0 Å². The number of H-pyrrole nitrogens is 1. The highest BCUT2D eigenvalue weighted by atomic mass is 32.1. The van der Waals surface area contributed by atoms with Crippen molar-refractivity contribution in [2.24, 2.45) is 0 Å². The van der Waals surface area contributed by atoms with E-state index >= 15 is 0 Å². The molecule has 7 heteroatoms. The van der Waals surface area contributed by atoms with Crippen LogP contribution >= 0.6 is 11.3 Å². The molecule has 0 fully saturated rings. The second kappa shape index (κ2) is 7.05. The van der Waals surface area contributed by atoms with Crippen LogP contribution < -0.4 is 11.1 Å². The number of nitrogens with one attached hydrogen (secondary N) is 2. The summed E-state index contributed by atoms with van der Waals surface area (Å²) in [4.78, 5) is 30.4. The number of carbonyl (C=O) groups is 1. The Balaban J connectivity index is 1.47. The highest BCUT2D eigenvalue weighted by molar-refractivity contribution is 7.14. The number of fused-ring (bicyclic) bond motifs is 1. The average molecular weight is 377 g/mol. The first-order chi connectivity index (χ1) is 13.1. The Bertz CT molecular complexity index is 1200. The van der Waals surface area contributed by atoms with Gasteiger partial charge in [-0.1, -0.05) is 35.9 Å². The van der Waals surface area contributed by atoms with Gasteiger partial charge in [-0.25, -0.2) is 9.78 Å². The summed E-state index contributed by atoms with van der Waals surface area (Å²) in [5.41, 5.74) is 4.73. The van der Waals surface area contributed by atoms with Crippen LogP contribution in [0.2, 0.25) is 0 Å². The van der Waals surface area contributed by atoms with E-state index in [1.807, 2.05) is 42.6 Å². The molecule has 2 aromatic carbocycles. The fraction of sp³-hybridized carbons (Fsp3) is 0.0500. The van der Waals surface area contributed by atoms with Crippen molar-refractivity contribution in [3.05, 3.63) is 75.6 Å². The molecule has 27 heavy (non-hydrogen) atoms. The van der Waals surface area contributed by atoms with Crippen LogP contribution in [0.4, 0.5) is 5.13 Å². The predicted octanol–water partition coefficient (Wildman–Crippen LogP) is 4.20. The summed E-state index contributed by atoms with van der Waals surface area (Å²) < 4.78 is 5.07. The van der Waals surface area contributed by atoms with Crippen molar-refractivity contribution < 1.29 is 9.21 Å². The molecule has 2 heterocycles. The molecule has 6 nitrogen and oxygen atoms in total. The third kappa shape index (κ3) is 3.88. The summed E-state index contributed by atoms with van der Waals surface area (Å²) in [5.74, 6) is -0.739. The lowest BCUT2D eigenvalue weighted by atomic mass is 10.1. The molecule has 4 rings (SSSR count). The van der Waals surface area contributed by atoms with E-state index in [2.05, 4.69) is 15.3 Å². The third-order valence-electron chi connectivity index (χ3n) is 3.96. The van der Waals surface area contributed by atoms with E-state index in [1.165, 1.54) is 23.0 Å². The fourth-order valence-corrected chi connectivity index (χ4v) is 3.29. The summed E-state index contributed by atoms with van der Waals surface area (Å²) in [6.07, 6.45) is 3.23. The van der Waals surface area contributed by atoms with Crippen LogP contribution in [0.15, 0.2) is 63.1 Å². The zero-order valence-electron chi connectivity index (χ0n) is 14.4. The Kier molecular flexibility index (Phi) is 4.43. The van der Waals surface area contributed by atoms with Gasteiger partial charge < -0.3 is 4.42 Å². The molecule has 0 bridgehead atoms. The first kappa shape index (κ1) is 17.0. The van der Waals surface area contributed by atoms with Gasteiger partial charge in [0.1, 0.15) is 0 Å². The molecule has 2 N–H and O–H groups in total. The van der Waals surface area contributed by atoms with Crippen LogP contribution in [0.1, 0.15) is 11.1 Å². The van der Waals surface area contributed by atoms with Crippen LogP contribution in [0.3, 0.4) is 0 Å². The van der Waals surface area contributed by atoms with Crippen molar-refractivity contribution in [2.45, 2.75) is 6.92 Å². The molecule has 0 aliphatic heterocycles. The molecule has 0 saturated heterocycles. The van der Waals surface area contributed by atoms with Crippen LogP contribution in [-0.4, -0.2) is 15.9 Å². The predicted molar refractivity (Wildman–Crippen MR) is 107 cm³/mol. The molecule has 4 aromatic rings. The van der Waals surface area contributed by atoms with Crippen molar-refractivity contribution in [1.82, 2.24) is 9.97 Å². The highest BCUT2D eigenvalue weighted by Gasteiger charge is 2.09. The van der Waals surface area contributed by atoms with Crippen molar-refractivity contribution in [2.75, 3.05) is 5.32 Å². The van der Waals surface area contributed by atoms with E-state index in [1.54, 1.807) is 18.2 Å². The van der Waals surface area contributed by atoms with Crippen LogP contribution in [0.25, 0.3) is 28.4 Å². The monoisotopic (exact) mass is 377 g/mol. The Morgan fingerprint density at radius 1 is 1.22 bits per heavy atom. The second-order valence-electron chi connectivity index (χ2n) is 6.00. The van der Waals surface area contributed by atoms with Gasteiger partial charge in [0, 0.05) is 17.0 Å². The molecule has 0 saturated carbocycles. The minimum absolute atomic E-state index is 0.247. The number of nitrogens with zero attached hydrogens (tertiary/aromatic N) is 1. The van der Waals surface area contributed by atoms with Gasteiger partial charge in [-0.05, 0) is 30.7 Å². The number of amides is 1. The lowest BCUT2D eigenvalue weighted by Gasteiger charge is -1.98. The van der Waals surface area contributed by atoms with Gasteiger partial charge in [-0.15, -0.1) is 11.3 Å². The van der Waals surface area contributed by atoms with Crippen LogP contribution in [0, 0.1) is 6.92 Å². The van der Waals surface area contributed by atoms with Gasteiger partial charge in [0.2, 0.25) is 5.91 Å². The zero-order chi connectivity index (χ0) is 18.8. The normalized spacial score (nSPS) is 11.3. The van der Waals surface area contributed by atoms with Gasteiger partial charge in [-0.3, -0.25) is 15.1 Å². The van der Waals surface area contributed by atoms with Crippen molar-refractivity contribution in [1.29, 1.82) is 0 Å². The number of hydrogen-bond donors (Lipinski definition) is 2. The number of benzene rings is 2. The molecule has 0 spiro atoms. The van der Waals surface area contributed by atoms with Crippen molar-refractivity contribution in [3.8, 4) is 11.3 Å². The molecule has 134 valence electrons. The number of oxazole rings is 1. The number of aryl methyl sites for hydroxylation is 1. The molecule has 0 aliphatic rings. The Hall–Kier alpha value is -3.45. The molecule has 0 aliphatic carbocycles. The molecule has 0 unspecified atom stereocenters. The van der Waals surface area contributed by atoms with Gasteiger partial charge in [-0.2, -0.15) is 0 Å². The Morgan fingerprint density at radius 3 is 2.85 bits per heavy atom. The second-order valence-corrected chi connectivity index (χ2v) is 6.85. The number of carbonyl (C=O) groups excluding carboxylic acids is 1. The number of thiazole rings is 1. The molecule has 0 atom stereocenters. The molecule has 2 aromatic heterocycles. The summed E-state index contributed by atoms with van der Waals surface area (Å²) in [6.45, 7) is 2.02. The van der Waals surface area contributed by atoms with Crippen molar-refractivity contribution >= 4 is 39.6 Å². The Labute approximate surface area is 158 Å². The Morgan fingerprint density at radius 2 is 2.04 bits per heavy atom. The summed E-state index contributed by atoms with van der Waals surface area (Å²) >= 11 is 1.33. The van der Waals surface area contributed by atoms with Crippen molar-refractivity contribution in [3.63, 3.8) is 0 Å². The SMILES string of the molecule is Cc1ccc(/C=C/C(=O)Nc2nc(-c3ccc4[nH]c(=O)oc4c3)cs2)cc1. The minimum atomic E-state index is -0.492. The maximum atomic E-state index is 12.1. The van der Waals surface area contributed by atoms with Gasteiger partial charge >= 0.3 is 5.76 Å². The van der Waals surface area contributed by atoms with Gasteiger partial charge in [0.05, 0.1) is 11.2 Å². The molecular formula is C20H15N3O3S. The first-order valence-corrected chi connectivity index (χ1v) is 9.09. The number of anilines is 1. The van der Waals surface area contributed by atoms with Crippen LogP contribution in [0.5, 0.6) is 0 Å². The van der Waals surface area contributed by atoms with Gasteiger partial charge in [0.15, 0.2) is 10.7 Å². The maximum Gasteiger partial charge on any atom is 0.417 e. The van der Waals surface area contributed by atoms with E-state index in [4.69, 9.17) is 4.42 Å². The van der Waals surface area contributed by atoms with E-state index in [0.29, 0.717) is 21.9 Å². The zero-order valence-corrected chi connectivity index (χ0v) is 15.2. The highest BCUT2D eigenvalue weighted by Crippen LogP contribution is 2.27. The lowest BCUT2D eigenvalue weighted by molar-refractivity contribution is -0.111. The number of aromatic amines is 1. The quantitative estimate of drug-likeness (QED) is 0.522. The van der Waals surface area contributed by atoms with Crippen LogP contribution in [-0.2, 0) is 4.79 Å². The molecular weight excluding hydrogens is 362 g/mol. The summed E-state index contributed by atoms with van der Waals surface area (Å²) in [7, 11) is 0. The van der Waals surface area contributed by atoms with E-state index in [0.717, 1.165) is 11.1 Å². The standard InChI is InChI=1S/C20H15N3O3S/c1-12-2-4-13(5-3-12)6-9-18(24)23-19-21-16(11-27-19)14-7-8-15-17(10-14)26-20(25)22-15/h2-11H,1H3,(H,22,25)(H,21,23,24)/b9-6+. The van der Waals surface area contributed by atoms with E-state index in [9.17, 15) is 9.59 Å². The first-order valence-electron chi connectivity index (χ1n) is 8.21. The third-order valence-corrected chi connectivity index (χ3v) is 4.71. The number of hydrogen-bond acceptors (Lipinski definition) is 5. The maximum absolute atomic E-state index is 12.1.